The third-order valence-electron chi connectivity index (χ3n) is 2.42. The van der Waals surface area contributed by atoms with Gasteiger partial charge in [0.25, 0.3) is 0 Å². The molecule has 2 nitrogen and oxygen atoms in total. The van der Waals surface area contributed by atoms with Crippen molar-refractivity contribution in [2.75, 3.05) is 13.6 Å². The Morgan fingerprint density at radius 2 is 1.93 bits per heavy atom. The van der Waals surface area contributed by atoms with Crippen LogP contribution < -0.4 is 5.32 Å². The van der Waals surface area contributed by atoms with Crippen molar-refractivity contribution in [2.45, 2.75) is 18.7 Å². The lowest BCUT2D eigenvalue weighted by atomic mass is 9.91. The minimum atomic E-state index is -1.60. The van der Waals surface area contributed by atoms with Gasteiger partial charge < -0.3 is 10.4 Å². The van der Waals surface area contributed by atoms with Crippen molar-refractivity contribution >= 4 is 0 Å². The molecule has 0 bridgehead atoms. The van der Waals surface area contributed by atoms with Crippen molar-refractivity contribution in [3.05, 3.63) is 35.6 Å². The number of benzene rings is 1. The second-order valence-corrected chi connectivity index (χ2v) is 3.68. The Balaban J connectivity index is 2.89. The van der Waals surface area contributed by atoms with E-state index < -0.39 is 17.6 Å². The Bertz CT molecular complexity index is 311. The van der Waals surface area contributed by atoms with Crippen LogP contribution >= 0.6 is 0 Å². The molecule has 2 atom stereocenters. The number of halogens is 2. The molecular formula is C11H15F2NO. The van der Waals surface area contributed by atoms with Crippen molar-refractivity contribution < 1.29 is 13.9 Å². The molecule has 0 fully saturated rings. The van der Waals surface area contributed by atoms with E-state index in [-0.39, 0.29) is 6.54 Å². The predicted molar refractivity (Wildman–Crippen MR) is 54.8 cm³/mol. The molecule has 2 N–H and O–H groups in total. The maximum atomic E-state index is 13.6. The third kappa shape index (κ3) is 2.73. The first-order valence-corrected chi connectivity index (χ1v) is 4.75. The van der Waals surface area contributed by atoms with Crippen molar-refractivity contribution in [3.8, 4) is 0 Å². The number of alkyl halides is 1. The van der Waals surface area contributed by atoms with Gasteiger partial charge in [-0.05, 0) is 31.7 Å². The normalized spacial score (nSPS) is 17.1. The van der Waals surface area contributed by atoms with Crippen LogP contribution in [0.3, 0.4) is 0 Å². The molecule has 0 aromatic heterocycles. The van der Waals surface area contributed by atoms with Crippen molar-refractivity contribution in [1.29, 1.82) is 0 Å². The zero-order chi connectivity index (χ0) is 11.5. The van der Waals surface area contributed by atoms with E-state index >= 15 is 0 Å². The van der Waals surface area contributed by atoms with Crippen LogP contribution in [0, 0.1) is 5.82 Å². The van der Waals surface area contributed by atoms with E-state index in [1.807, 2.05) is 0 Å². The summed E-state index contributed by atoms with van der Waals surface area (Å²) >= 11 is 0. The van der Waals surface area contributed by atoms with E-state index in [4.69, 9.17) is 0 Å². The molecule has 0 saturated carbocycles. The Labute approximate surface area is 87.9 Å². The van der Waals surface area contributed by atoms with Gasteiger partial charge in [0.05, 0.1) is 0 Å². The van der Waals surface area contributed by atoms with Crippen LogP contribution in [0.1, 0.15) is 12.5 Å². The molecular weight excluding hydrogens is 200 g/mol. The van der Waals surface area contributed by atoms with Crippen molar-refractivity contribution in [3.63, 3.8) is 0 Å². The highest BCUT2D eigenvalue weighted by molar-refractivity contribution is 5.23. The van der Waals surface area contributed by atoms with Crippen LogP contribution in [0.5, 0.6) is 0 Å². The summed E-state index contributed by atoms with van der Waals surface area (Å²) in [6.07, 6.45) is -1.44. The topological polar surface area (TPSA) is 32.3 Å². The summed E-state index contributed by atoms with van der Waals surface area (Å²) in [5, 5.41) is 12.6. The molecule has 1 unspecified atom stereocenters. The molecule has 4 heteroatoms. The van der Waals surface area contributed by atoms with E-state index in [0.29, 0.717) is 5.56 Å². The molecule has 1 aromatic carbocycles. The lowest BCUT2D eigenvalue weighted by Gasteiger charge is -2.27. The van der Waals surface area contributed by atoms with Gasteiger partial charge in [-0.3, -0.25) is 0 Å². The molecule has 0 amide bonds. The molecule has 0 aliphatic heterocycles. The molecule has 84 valence electrons. The summed E-state index contributed by atoms with van der Waals surface area (Å²) in [4.78, 5) is 0. The molecule has 15 heavy (non-hydrogen) atoms. The van der Waals surface area contributed by atoms with Gasteiger partial charge in [0.1, 0.15) is 17.6 Å². The Hall–Kier alpha value is -1.00. The third-order valence-corrected chi connectivity index (χ3v) is 2.42. The Morgan fingerprint density at radius 1 is 1.40 bits per heavy atom. The van der Waals surface area contributed by atoms with Gasteiger partial charge in [0.2, 0.25) is 0 Å². The molecule has 1 rings (SSSR count). The van der Waals surface area contributed by atoms with Crippen LogP contribution in [0.15, 0.2) is 24.3 Å². The highest BCUT2D eigenvalue weighted by Crippen LogP contribution is 2.26. The number of hydrogen-bond donors (Lipinski definition) is 2. The zero-order valence-electron chi connectivity index (χ0n) is 8.80. The van der Waals surface area contributed by atoms with Crippen LogP contribution in [0.2, 0.25) is 0 Å². The average molecular weight is 215 g/mol. The summed E-state index contributed by atoms with van der Waals surface area (Å²) in [5.41, 5.74) is -1.23. The summed E-state index contributed by atoms with van der Waals surface area (Å²) in [7, 11) is 1.60. The molecule has 0 heterocycles. The van der Waals surface area contributed by atoms with Crippen LogP contribution in [0.25, 0.3) is 0 Å². The first-order valence-electron chi connectivity index (χ1n) is 4.75. The van der Waals surface area contributed by atoms with Gasteiger partial charge in [-0.15, -0.1) is 0 Å². The molecule has 1 aromatic rings. The Kier molecular flexibility index (Phi) is 3.77. The first-order chi connectivity index (χ1) is 6.98. The lowest BCUT2D eigenvalue weighted by Crippen LogP contribution is -2.39. The second kappa shape index (κ2) is 4.68. The van der Waals surface area contributed by atoms with Gasteiger partial charge in [0.15, 0.2) is 0 Å². The summed E-state index contributed by atoms with van der Waals surface area (Å²) in [5.74, 6) is -0.404. The lowest BCUT2D eigenvalue weighted by molar-refractivity contribution is -0.0229. The maximum absolute atomic E-state index is 13.6. The van der Waals surface area contributed by atoms with E-state index in [0.717, 1.165) is 0 Å². The quantitative estimate of drug-likeness (QED) is 0.799. The van der Waals surface area contributed by atoms with Crippen molar-refractivity contribution in [1.82, 2.24) is 5.32 Å². The van der Waals surface area contributed by atoms with E-state index in [1.165, 1.54) is 31.2 Å². The largest absolute Gasteiger partial charge is 0.382 e. The number of hydrogen-bond acceptors (Lipinski definition) is 2. The van der Waals surface area contributed by atoms with Gasteiger partial charge >= 0.3 is 0 Å². The van der Waals surface area contributed by atoms with E-state index in [9.17, 15) is 13.9 Å². The van der Waals surface area contributed by atoms with Gasteiger partial charge in [-0.2, -0.15) is 0 Å². The summed E-state index contributed by atoms with van der Waals surface area (Å²) in [6, 6.07) is 5.18. The smallest absolute Gasteiger partial charge is 0.145 e. The number of rotatable bonds is 4. The molecule has 0 saturated heterocycles. The van der Waals surface area contributed by atoms with Gasteiger partial charge in [0, 0.05) is 6.54 Å². The Morgan fingerprint density at radius 3 is 2.40 bits per heavy atom. The highest BCUT2D eigenvalue weighted by Gasteiger charge is 2.33. The zero-order valence-corrected chi connectivity index (χ0v) is 8.80. The highest BCUT2D eigenvalue weighted by atomic mass is 19.1. The SMILES string of the molecule is CNC[C@@H](F)C(C)(O)c1ccc(F)cc1. The minimum absolute atomic E-state index is 0.0460. The van der Waals surface area contributed by atoms with Gasteiger partial charge in [-0.25, -0.2) is 8.78 Å². The maximum Gasteiger partial charge on any atom is 0.145 e. The average Bonchev–Trinajstić information content (AvgIpc) is 2.18. The number of nitrogens with one attached hydrogen (secondary N) is 1. The minimum Gasteiger partial charge on any atom is -0.382 e. The fraction of sp³-hybridized carbons (Fsp3) is 0.455. The first kappa shape index (κ1) is 12.1. The standard InChI is InChI=1S/C11H15F2NO/c1-11(15,10(13)7-14-2)8-3-5-9(12)6-4-8/h3-6,10,14-15H,7H2,1-2H3/t10-,11?/m1/s1. The summed E-state index contributed by atoms with van der Waals surface area (Å²) in [6.45, 7) is 1.42. The molecule has 0 spiro atoms. The summed E-state index contributed by atoms with van der Waals surface area (Å²) < 4.78 is 26.2. The fourth-order valence-corrected chi connectivity index (χ4v) is 1.35. The van der Waals surface area contributed by atoms with E-state index in [2.05, 4.69) is 5.32 Å². The van der Waals surface area contributed by atoms with Crippen LogP contribution in [0.4, 0.5) is 8.78 Å². The second-order valence-electron chi connectivity index (χ2n) is 3.68. The molecule has 0 aliphatic carbocycles. The fourth-order valence-electron chi connectivity index (χ4n) is 1.35. The van der Waals surface area contributed by atoms with E-state index in [1.54, 1.807) is 7.05 Å². The van der Waals surface area contributed by atoms with Crippen molar-refractivity contribution in [2.24, 2.45) is 0 Å². The molecule has 0 aliphatic rings. The number of aliphatic hydroxyl groups is 1. The predicted octanol–water partition coefficient (Wildman–Crippen LogP) is 1.59. The van der Waals surface area contributed by atoms with Crippen LogP contribution in [-0.4, -0.2) is 24.9 Å². The monoisotopic (exact) mass is 215 g/mol. The molecule has 0 radical (unpaired) electrons. The van der Waals surface area contributed by atoms with Crippen LogP contribution in [-0.2, 0) is 5.60 Å². The van der Waals surface area contributed by atoms with Gasteiger partial charge in [-0.1, -0.05) is 12.1 Å².